The van der Waals surface area contributed by atoms with Gasteiger partial charge in [-0.1, -0.05) is 35.3 Å². The predicted molar refractivity (Wildman–Crippen MR) is 109 cm³/mol. The van der Waals surface area contributed by atoms with Crippen molar-refractivity contribution in [2.45, 2.75) is 20.5 Å². The van der Waals surface area contributed by atoms with Crippen LogP contribution in [0.4, 0.5) is 5.69 Å². The Balaban J connectivity index is 2.01. The average molecular weight is 401 g/mol. The quantitative estimate of drug-likeness (QED) is 0.614. The summed E-state index contributed by atoms with van der Waals surface area (Å²) in [6, 6.07) is 10.4. The first-order valence-electron chi connectivity index (χ1n) is 8.32. The molecule has 4 nitrogen and oxygen atoms in total. The maximum atomic E-state index is 13.0. The number of carbonyl (C=O) groups excluding carboxylic acids is 1. The normalized spacial score (nSPS) is 10.7. The van der Waals surface area contributed by atoms with Crippen LogP contribution in [0.15, 0.2) is 48.8 Å². The number of anilines is 1. The van der Waals surface area contributed by atoms with Crippen LogP contribution in [0, 0.1) is 13.8 Å². The van der Waals surface area contributed by atoms with Gasteiger partial charge in [-0.15, -0.1) is 0 Å². The number of benzene rings is 2. The fourth-order valence-corrected chi connectivity index (χ4v) is 3.42. The highest BCUT2D eigenvalue weighted by Crippen LogP contribution is 2.33. The van der Waals surface area contributed by atoms with Crippen LogP contribution in [0.25, 0.3) is 11.1 Å². The largest absolute Gasteiger partial charge is 0.392 e. The van der Waals surface area contributed by atoms with Gasteiger partial charge in [0.25, 0.3) is 5.91 Å². The van der Waals surface area contributed by atoms with Crippen LogP contribution in [0.3, 0.4) is 0 Å². The van der Waals surface area contributed by atoms with Crippen molar-refractivity contribution < 1.29 is 9.90 Å². The molecule has 0 bridgehead atoms. The molecular weight excluding hydrogens is 383 g/mol. The van der Waals surface area contributed by atoms with E-state index in [9.17, 15) is 9.90 Å². The Morgan fingerprint density at radius 1 is 1.07 bits per heavy atom. The van der Waals surface area contributed by atoms with Crippen LogP contribution in [-0.4, -0.2) is 16.0 Å². The molecule has 0 aliphatic heterocycles. The number of nitrogens with one attached hydrogen (secondary N) is 1. The van der Waals surface area contributed by atoms with Gasteiger partial charge >= 0.3 is 0 Å². The highest BCUT2D eigenvalue weighted by Gasteiger charge is 2.17. The summed E-state index contributed by atoms with van der Waals surface area (Å²) >= 11 is 12.4. The highest BCUT2D eigenvalue weighted by atomic mass is 35.5. The third kappa shape index (κ3) is 4.14. The number of pyridine rings is 1. The Morgan fingerprint density at radius 2 is 1.78 bits per heavy atom. The second-order valence-corrected chi connectivity index (χ2v) is 7.11. The molecule has 0 saturated carbocycles. The van der Waals surface area contributed by atoms with Crippen molar-refractivity contribution in [2.24, 2.45) is 0 Å². The van der Waals surface area contributed by atoms with E-state index in [2.05, 4.69) is 10.3 Å². The van der Waals surface area contributed by atoms with Crippen molar-refractivity contribution in [1.29, 1.82) is 0 Å². The van der Waals surface area contributed by atoms with E-state index in [4.69, 9.17) is 23.2 Å². The number of aliphatic hydroxyl groups is 1. The number of carbonyl (C=O) groups is 1. The predicted octanol–water partition coefficient (Wildman–Crippen LogP) is 5.42. The molecule has 2 N–H and O–H groups in total. The second-order valence-electron chi connectivity index (χ2n) is 6.26. The molecule has 0 aliphatic carbocycles. The molecule has 0 atom stereocenters. The summed E-state index contributed by atoms with van der Waals surface area (Å²) in [6.45, 7) is 3.74. The van der Waals surface area contributed by atoms with E-state index in [-0.39, 0.29) is 12.5 Å². The highest BCUT2D eigenvalue weighted by molar-refractivity contribution is 6.35. The van der Waals surface area contributed by atoms with E-state index in [1.165, 1.54) is 0 Å². The number of aryl methyl sites for hydroxylation is 2. The molecule has 3 aromatic rings. The minimum atomic E-state index is -0.272. The lowest BCUT2D eigenvalue weighted by atomic mass is 10.0. The molecule has 1 heterocycles. The van der Waals surface area contributed by atoms with Gasteiger partial charge < -0.3 is 10.4 Å². The number of aliphatic hydroxyl groups excluding tert-OH is 1. The summed E-state index contributed by atoms with van der Waals surface area (Å²) in [5, 5.41) is 13.3. The molecule has 0 fully saturated rings. The van der Waals surface area contributed by atoms with Gasteiger partial charge in [0.1, 0.15) is 0 Å². The van der Waals surface area contributed by atoms with Gasteiger partial charge in [0.05, 0.1) is 12.2 Å². The van der Waals surface area contributed by atoms with Crippen LogP contribution >= 0.6 is 23.2 Å². The van der Waals surface area contributed by atoms with Gasteiger partial charge in [-0.05, 0) is 54.8 Å². The Hall–Kier alpha value is -2.40. The average Bonchev–Trinajstić information content (AvgIpc) is 2.66. The molecule has 2 aromatic carbocycles. The molecule has 1 amide bonds. The molecule has 0 spiro atoms. The van der Waals surface area contributed by atoms with Crippen molar-refractivity contribution in [3.05, 3.63) is 81.1 Å². The molecule has 0 unspecified atom stereocenters. The smallest absolute Gasteiger partial charge is 0.256 e. The van der Waals surface area contributed by atoms with E-state index in [0.717, 1.165) is 22.4 Å². The van der Waals surface area contributed by atoms with Gasteiger partial charge in [-0.25, -0.2) is 0 Å². The summed E-state index contributed by atoms with van der Waals surface area (Å²) in [5.41, 5.74) is 4.97. The van der Waals surface area contributed by atoms with E-state index in [1.807, 2.05) is 26.0 Å². The lowest BCUT2D eigenvalue weighted by Crippen LogP contribution is -2.15. The number of amides is 1. The van der Waals surface area contributed by atoms with Crippen LogP contribution in [0.1, 0.15) is 27.0 Å². The number of aromatic nitrogens is 1. The minimum Gasteiger partial charge on any atom is -0.392 e. The van der Waals surface area contributed by atoms with Gasteiger partial charge in [0, 0.05) is 39.3 Å². The SMILES string of the molecule is Cc1cc(CO)cc(C)c1NC(=O)c1ccncc1-c1cc(Cl)ccc1Cl. The van der Waals surface area contributed by atoms with Crippen LogP contribution in [0.2, 0.25) is 10.0 Å². The second kappa shape index (κ2) is 8.09. The number of hydrogen-bond donors (Lipinski definition) is 2. The van der Waals surface area contributed by atoms with E-state index in [0.29, 0.717) is 26.7 Å². The molecule has 3 rings (SSSR count). The van der Waals surface area contributed by atoms with Crippen LogP contribution < -0.4 is 5.32 Å². The van der Waals surface area contributed by atoms with E-state index >= 15 is 0 Å². The topological polar surface area (TPSA) is 62.2 Å². The molecule has 27 heavy (non-hydrogen) atoms. The zero-order valence-electron chi connectivity index (χ0n) is 14.9. The summed E-state index contributed by atoms with van der Waals surface area (Å²) in [6.07, 6.45) is 3.16. The Labute approximate surface area is 167 Å². The molecular formula is C21H18Cl2N2O2. The fraction of sp³-hybridized carbons (Fsp3) is 0.143. The van der Waals surface area contributed by atoms with Crippen molar-refractivity contribution >= 4 is 34.8 Å². The molecule has 0 aliphatic rings. The number of hydrogen-bond acceptors (Lipinski definition) is 3. The Morgan fingerprint density at radius 3 is 2.44 bits per heavy atom. The van der Waals surface area contributed by atoms with Crippen molar-refractivity contribution in [3.63, 3.8) is 0 Å². The zero-order valence-corrected chi connectivity index (χ0v) is 16.4. The Kier molecular flexibility index (Phi) is 5.80. The zero-order chi connectivity index (χ0) is 19.6. The van der Waals surface area contributed by atoms with E-state index in [1.54, 1.807) is 36.7 Å². The molecule has 0 radical (unpaired) electrons. The Bertz CT molecular complexity index is 996. The number of nitrogens with zero attached hydrogens (tertiary/aromatic N) is 1. The number of halogens is 2. The monoisotopic (exact) mass is 400 g/mol. The first kappa shape index (κ1) is 19.4. The molecule has 138 valence electrons. The first-order chi connectivity index (χ1) is 12.9. The van der Waals surface area contributed by atoms with E-state index < -0.39 is 0 Å². The van der Waals surface area contributed by atoms with Crippen molar-refractivity contribution in [1.82, 2.24) is 4.98 Å². The summed E-state index contributed by atoms with van der Waals surface area (Å²) in [7, 11) is 0. The number of rotatable bonds is 4. The molecule has 1 aromatic heterocycles. The van der Waals surface area contributed by atoms with Gasteiger partial charge in [-0.3, -0.25) is 9.78 Å². The van der Waals surface area contributed by atoms with Gasteiger partial charge in [-0.2, -0.15) is 0 Å². The maximum Gasteiger partial charge on any atom is 0.256 e. The van der Waals surface area contributed by atoms with Crippen LogP contribution in [-0.2, 0) is 6.61 Å². The maximum absolute atomic E-state index is 13.0. The van der Waals surface area contributed by atoms with Crippen LogP contribution in [0.5, 0.6) is 0 Å². The van der Waals surface area contributed by atoms with Crippen molar-refractivity contribution in [3.8, 4) is 11.1 Å². The summed E-state index contributed by atoms with van der Waals surface area (Å²) in [4.78, 5) is 17.1. The molecule has 6 heteroatoms. The third-order valence-electron chi connectivity index (χ3n) is 4.30. The van der Waals surface area contributed by atoms with Gasteiger partial charge in [0.2, 0.25) is 0 Å². The fourth-order valence-electron chi connectivity index (χ4n) is 3.03. The standard InChI is InChI=1S/C21H18Cl2N2O2/c1-12-7-14(11-26)8-13(2)20(12)25-21(27)16-5-6-24-10-18(16)17-9-15(22)3-4-19(17)23/h3-10,26H,11H2,1-2H3,(H,25,27). The summed E-state index contributed by atoms with van der Waals surface area (Å²) in [5.74, 6) is -0.272. The minimum absolute atomic E-state index is 0.0440. The van der Waals surface area contributed by atoms with Gasteiger partial charge in [0.15, 0.2) is 0 Å². The van der Waals surface area contributed by atoms with Crippen molar-refractivity contribution in [2.75, 3.05) is 5.32 Å². The third-order valence-corrected chi connectivity index (χ3v) is 4.86. The lowest BCUT2D eigenvalue weighted by Gasteiger charge is -2.15. The first-order valence-corrected chi connectivity index (χ1v) is 9.08. The lowest BCUT2D eigenvalue weighted by molar-refractivity contribution is 0.102. The summed E-state index contributed by atoms with van der Waals surface area (Å²) < 4.78 is 0. The molecule has 0 saturated heterocycles.